The topological polar surface area (TPSA) is 64.6 Å². The van der Waals surface area contributed by atoms with Gasteiger partial charge in [-0.3, -0.25) is 0 Å². The summed E-state index contributed by atoms with van der Waals surface area (Å²) >= 11 is 0. The second kappa shape index (κ2) is 4.25. The van der Waals surface area contributed by atoms with Gasteiger partial charge in [0.1, 0.15) is 11.5 Å². The average molecular weight is 237 g/mol. The molecule has 1 aromatic carbocycles. The highest BCUT2D eigenvalue weighted by molar-refractivity contribution is 6.02. The number of hydrogen-bond donors (Lipinski definition) is 1. The Balaban J connectivity index is 2.35. The Morgan fingerprint density at radius 3 is 3.00 bits per heavy atom. The molecule has 6 heteroatoms. The van der Waals surface area contributed by atoms with Gasteiger partial charge in [0.15, 0.2) is 5.75 Å². The lowest BCUT2D eigenvalue weighted by molar-refractivity contribution is -0.136. The zero-order valence-corrected chi connectivity index (χ0v) is 8.82. The number of halogens is 1. The van der Waals surface area contributed by atoms with E-state index in [-0.39, 0.29) is 17.1 Å². The second-order valence-electron chi connectivity index (χ2n) is 3.24. The molecule has 5 nitrogen and oxygen atoms in total. The van der Waals surface area contributed by atoms with Crippen LogP contribution < -0.4 is 10.1 Å². The summed E-state index contributed by atoms with van der Waals surface area (Å²) in [6.45, 7) is 0. The third kappa shape index (κ3) is 2.25. The van der Waals surface area contributed by atoms with Crippen molar-refractivity contribution in [1.29, 1.82) is 0 Å². The van der Waals surface area contributed by atoms with Gasteiger partial charge in [-0.1, -0.05) is 0 Å². The Labute approximate surface area is 95.8 Å². The lowest BCUT2D eigenvalue weighted by atomic mass is 10.2. The van der Waals surface area contributed by atoms with Crippen LogP contribution in [-0.4, -0.2) is 19.0 Å². The zero-order chi connectivity index (χ0) is 12.4. The van der Waals surface area contributed by atoms with E-state index in [4.69, 9.17) is 4.74 Å². The number of anilines is 1. The third-order valence-electron chi connectivity index (χ3n) is 2.10. The molecule has 0 radical (unpaired) electrons. The van der Waals surface area contributed by atoms with Gasteiger partial charge in [0.05, 0.1) is 18.9 Å². The second-order valence-corrected chi connectivity index (χ2v) is 3.24. The zero-order valence-electron chi connectivity index (χ0n) is 8.82. The minimum atomic E-state index is -0.727. The molecule has 1 aliphatic rings. The van der Waals surface area contributed by atoms with E-state index in [0.717, 1.165) is 12.1 Å². The van der Waals surface area contributed by atoms with E-state index in [1.807, 2.05) is 0 Å². The van der Waals surface area contributed by atoms with Crippen LogP contribution in [0.1, 0.15) is 0 Å². The molecule has 0 saturated heterocycles. The summed E-state index contributed by atoms with van der Waals surface area (Å²) in [6.07, 6.45) is 0.941. The van der Waals surface area contributed by atoms with Crippen LogP contribution in [0.4, 0.5) is 10.1 Å². The highest BCUT2D eigenvalue weighted by Crippen LogP contribution is 2.30. The van der Waals surface area contributed by atoms with Crippen LogP contribution in [-0.2, 0) is 14.3 Å². The SMILES string of the molecule is COC(=O)/C=C1\Nc2cc(F)ccc2OC1=O. The fraction of sp³-hybridized carbons (Fsp3) is 0.0909. The van der Waals surface area contributed by atoms with Crippen LogP contribution in [0, 0.1) is 5.82 Å². The number of esters is 2. The van der Waals surface area contributed by atoms with Crippen molar-refractivity contribution in [3.63, 3.8) is 0 Å². The first-order valence-corrected chi connectivity index (χ1v) is 4.68. The minimum Gasteiger partial charge on any atom is -0.466 e. The molecule has 1 N–H and O–H groups in total. The first-order chi connectivity index (χ1) is 8.10. The van der Waals surface area contributed by atoms with Crippen molar-refractivity contribution in [2.24, 2.45) is 0 Å². The van der Waals surface area contributed by atoms with E-state index >= 15 is 0 Å². The van der Waals surface area contributed by atoms with Crippen LogP contribution in [0.5, 0.6) is 5.75 Å². The molecule has 88 valence electrons. The molecule has 0 atom stereocenters. The molecule has 0 aliphatic carbocycles. The van der Waals surface area contributed by atoms with Crippen molar-refractivity contribution in [2.75, 3.05) is 12.4 Å². The number of carbonyl (C=O) groups is 2. The number of nitrogens with one attached hydrogen (secondary N) is 1. The predicted octanol–water partition coefficient (Wildman–Crippen LogP) is 1.21. The highest BCUT2D eigenvalue weighted by atomic mass is 19.1. The van der Waals surface area contributed by atoms with E-state index in [2.05, 4.69) is 10.1 Å². The molecule has 0 saturated carbocycles. The van der Waals surface area contributed by atoms with Crippen LogP contribution in [0.15, 0.2) is 30.0 Å². The van der Waals surface area contributed by atoms with E-state index < -0.39 is 17.8 Å². The van der Waals surface area contributed by atoms with Crippen molar-refractivity contribution in [2.45, 2.75) is 0 Å². The van der Waals surface area contributed by atoms with E-state index in [1.165, 1.54) is 19.2 Å². The smallest absolute Gasteiger partial charge is 0.360 e. The molecular formula is C11H8FNO4. The number of hydrogen-bond acceptors (Lipinski definition) is 5. The molecule has 0 aromatic heterocycles. The standard InChI is InChI=1S/C11H8FNO4/c1-16-10(14)5-8-11(15)17-9-3-2-6(12)4-7(9)13-8/h2-5,13H,1H3/b8-5-. The lowest BCUT2D eigenvalue weighted by Gasteiger charge is -2.19. The summed E-state index contributed by atoms with van der Waals surface area (Å²) in [5.41, 5.74) is 0.176. The summed E-state index contributed by atoms with van der Waals surface area (Å²) in [4.78, 5) is 22.4. The average Bonchev–Trinajstić information content (AvgIpc) is 2.30. The predicted molar refractivity (Wildman–Crippen MR) is 55.8 cm³/mol. The number of fused-ring (bicyclic) bond motifs is 1. The molecule has 17 heavy (non-hydrogen) atoms. The van der Waals surface area contributed by atoms with E-state index in [9.17, 15) is 14.0 Å². The summed E-state index contributed by atoms with van der Waals surface area (Å²) in [5.74, 6) is -1.70. The van der Waals surface area contributed by atoms with Gasteiger partial charge in [0.2, 0.25) is 0 Å². The number of ether oxygens (including phenoxy) is 2. The quantitative estimate of drug-likeness (QED) is 0.452. The first-order valence-electron chi connectivity index (χ1n) is 4.68. The Morgan fingerprint density at radius 1 is 1.53 bits per heavy atom. The molecule has 0 spiro atoms. The molecule has 1 aliphatic heterocycles. The molecule has 2 rings (SSSR count). The number of methoxy groups -OCH3 is 1. The maximum absolute atomic E-state index is 13.0. The largest absolute Gasteiger partial charge is 0.466 e. The Morgan fingerprint density at radius 2 is 2.29 bits per heavy atom. The minimum absolute atomic E-state index is 0.102. The maximum atomic E-state index is 13.0. The molecule has 1 aromatic rings. The molecule has 0 unspecified atom stereocenters. The van der Waals surface area contributed by atoms with Crippen LogP contribution in [0.3, 0.4) is 0 Å². The van der Waals surface area contributed by atoms with Gasteiger partial charge >= 0.3 is 11.9 Å². The van der Waals surface area contributed by atoms with Crippen molar-refractivity contribution in [1.82, 2.24) is 0 Å². The Bertz CT molecular complexity index is 524. The van der Waals surface area contributed by atoms with Gasteiger partial charge in [-0.25, -0.2) is 14.0 Å². The van der Waals surface area contributed by atoms with E-state index in [0.29, 0.717) is 0 Å². The van der Waals surface area contributed by atoms with Crippen LogP contribution in [0.25, 0.3) is 0 Å². The van der Waals surface area contributed by atoms with Gasteiger partial charge in [0, 0.05) is 6.07 Å². The Hall–Kier alpha value is -2.37. The van der Waals surface area contributed by atoms with Gasteiger partial charge in [-0.05, 0) is 12.1 Å². The van der Waals surface area contributed by atoms with Gasteiger partial charge < -0.3 is 14.8 Å². The summed E-state index contributed by atoms with van der Waals surface area (Å²) in [7, 11) is 1.18. The molecule has 0 fully saturated rings. The molecule has 0 bridgehead atoms. The summed E-state index contributed by atoms with van der Waals surface area (Å²) in [6, 6.07) is 3.65. The third-order valence-corrected chi connectivity index (χ3v) is 2.10. The van der Waals surface area contributed by atoms with Gasteiger partial charge in [-0.2, -0.15) is 0 Å². The normalized spacial score (nSPS) is 15.9. The molecule has 0 amide bonds. The van der Waals surface area contributed by atoms with E-state index in [1.54, 1.807) is 0 Å². The molecular weight excluding hydrogens is 229 g/mol. The monoisotopic (exact) mass is 237 g/mol. The lowest BCUT2D eigenvalue weighted by Crippen LogP contribution is -2.24. The number of carbonyl (C=O) groups excluding carboxylic acids is 2. The van der Waals surface area contributed by atoms with Gasteiger partial charge in [0.25, 0.3) is 0 Å². The maximum Gasteiger partial charge on any atom is 0.360 e. The highest BCUT2D eigenvalue weighted by Gasteiger charge is 2.23. The van der Waals surface area contributed by atoms with Crippen molar-refractivity contribution < 1.29 is 23.5 Å². The van der Waals surface area contributed by atoms with Crippen LogP contribution >= 0.6 is 0 Å². The first kappa shape index (κ1) is 11.1. The summed E-state index contributed by atoms with van der Waals surface area (Å²) in [5, 5.41) is 2.60. The van der Waals surface area contributed by atoms with Crippen molar-refractivity contribution in [3.8, 4) is 5.75 Å². The van der Waals surface area contributed by atoms with Gasteiger partial charge in [-0.15, -0.1) is 0 Å². The number of benzene rings is 1. The summed E-state index contributed by atoms with van der Waals surface area (Å²) < 4.78 is 22.2. The van der Waals surface area contributed by atoms with Crippen LogP contribution in [0.2, 0.25) is 0 Å². The molecule has 1 heterocycles. The van der Waals surface area contributed by atoms with Crippen molar-refractivity contribution in [3.05, 3.63) is 35.8 Å². The fourth-order valence-electron chi connectivity index (χ4n) is 1.31. The fourth-order valence-corrected chi connectivity index (χ4v) is 1.31. The number of rotatable bonds is 1. The Kier molecular flexibility index (Phi) is 2.78. The van der Waals surface area contributed by atoms with Crippen molar-refractivity contribution >= 4 is 17.6 Å².